The summed E-state index contributed by atoms with van der Waals surface area (Å²) in [6.45, 7) is 9.53. The van der Waals surface area contributed by atoms with E-state index >= 15 is 0 Å². The summed E-state index contributed by atoms with van der Waals surface area (Å²) in [5, 5.41) is 11.6. The normalized spacial score (nSPS) is 14.7. The summed E-state index contributed by atoms with van der Waals surface area (Å²) >= 11 is 0. The molecule has 6 nitrogen and oxygen atoms in total. The maximum atomic E-state index is 5.48. The van der Waals surface area contributed by atoms with Crippen molar-refractivity contribution in [3.63, 3.8) is 0 Å². The Morgan fingerprint density at radius 2 is 2.10 bits per heavy atom. The second kappa shape index (κ2) is 6.17. The third-order valence-electron chi connectivity index (χ3n) is 3.47. The fraction of sp³-hybridized carbons (Fsp3) is 0.643. The van der Waals surface area contributed by atoms with Crippen molar-refractivity contribution in [2.75, 3.05) is 6.54 Å². The zero-order valence-electron chi connectivity index (χ0n) is 12.8. The van der Waals surface area contributed by atoms with E-state index in [-0.39, 0.29) is 5.92 Å². The van der Waals surface area contributed by atoms with E-state index in [9.17, 15) is 0 Å². The summed E-state index contributed by atoms with van der Waals surface area (Å²) in [7, 11) is 1.87. The maximum Gasteiger partial charge on any atom is 0.231 e. The molecule has 20 heavy (non-hydrogen) atoms. The van der Waals surface area contributed by atoms with Gasteiger partial charge in [-0.05, 0) is 19.4 Å². The van der Waals surface area contributed by atoms with Gasteiger partial charge in [-0.1, -0.05) is 25.9 Å². The molecule has 2 aromatic rings. The lowest BCUT2D eigenvalue weighted by Crippen LogP contribution is -2.34. The van der Waals surface area contributed by atoms with Crippen LogP contribution in [0.1, 0.15) is 39.5 Å². The Labute approximate surface area is 119 Å². The maximum absolute atomic E-state index is 5.48. The van der Waals surface area contributed by atoms with E-state index < -0.39 is 0 Å². The molecular formula is C14H23N5O. The van der Waals surface area contributed by atoms with Crippen LogP contribution in [-0.4, -0.2) is 32.5 Å². The van der Waals surface area contributed by atoms with Crippen molar-refractivity contribution in [1.29, 1.82) is 0 Å². The second-order valence-corrected chi connectivity index (χ2v) is 5.48. The van der Waals surface area contributed by atoms with Crippen LogP contribution in [0.2, 0.25) is 0 Å². The highest BCUT2D eigenvalue weighted by molar-refractivity contribution is 5.51. The standard InChI is InChI=1S/C14H23N5O/c1-6-15-10(4)12(9(2)3)14-17-13(18-20-14)11-7-16-19(5)8-11/h7-10,12,15H,6H2,1-5H3. The minimum absolute atomic E-state index is 0.202. The monoisotopic (exact) mass is 277 g/mol. The minimum Gasteiger partial charge on any atom is -0.339 e. The van der Waals surface area contributed by atoms with Gasteiger partial charge in [-0.15, -0.1) is 0 Å². The molecule has 2 unspecified atom stereocenters. The van der Waals surface area contributed by atoms with Crippen molar-refractivity contribution in [3.8, 4) is 11.4 Å². The molecule has 2 heterocycles. The summed E-state index contributed by atoms with van der Waals surface area (Å²) in [5.74, 6) is 1.91. The number of rotatable bonds is 6. The van der Waals surface area contributed by atoms with Gasteiger partial charge in [0.1, 0.15) is 0 Å². The van der Waals surface area contributed by atoms with Crippen LogP contribution in [0.5, 0.6) is 0 Å². The highest BCUT2D eigenvalue weighted by Crippen LogP contribution is 2.28. The Morgan fingerprint density at radius 1 is 1.35 bits per heavy atom. The number of hydrogen-bond acceptors (Lipinski definition) is 5. The molecule has 0 aliphatic rings. The molecular weight excluding hydrogens is 254 g/mol. The molecule has 0 bridgehead atoms. The van der Waals surface area contributed by atoms with Gasteiger partial charge < -0.3 is 9.84 Å². The molecule has 0 radical (unpaired) electrons. The van der Waals surface area contributed by atoms with Crippen molar-refractivity contribution < 1.29 is 4.52 Å². The molecule has 110 valence electrons. The predicted octanol–water partition coefficient (Wildman–Crippen LogP) is 2.21. The molecule has 0 spiro atoms. The fourth-order valence-corrected chi connectivity index (χ4v) is 2.55. The van der Waals surface area contributed by atoms with Gasteiger partial charge in [0.05, 0.1) is 17.7 Å². The van der Waals surface area contributed by atoms with Crippen molar-refractivity contribution in [2.24, 2.45) is 13.0 Å². The quantitative estimate of drug-likeness (QED) is 0.876. The van der Waals surface area contributed by atoms with E-state index in [1.54, 1.807) is 10.9 Å². The Balaban J connectivity index is 2.25. The number of nitrogens with one attached hydrogen (secondary N) is 1. The predicted molar refractivity (Wildman–Crippen MR) is 77.2 cm³/mol. The van der Waals surface area contributed by atoms with Gasteiger partial charge >= 0.3 is 0 Å². The van der Waals surface area contributed by atoms with Crippen molar-refractivity contribution in [2.45, 2.75) is 39.7 Å². The van der Waals surface area contributed by atoms with Crippen LogP contribution in [0, 0.1) is 5.92 Å². The number of hydrogen-bond donors (Lipinski definition) is 1. The highest BCUT2D eigenvalue weighted by Gasteiger charge is 2.28. The van der Waals surface area contributed by atoms with Gasteiger partial charge in [0.15, 0.2) is 0 Å². The topological polar surface area (TPSA) is 68.8 Å². The molecule has 1 N–H and O–H groups in total. The summed E-state index contributed by atoms with van der Waals surface area (Å²) in [5.41, 5.74) is 0.876. The van der Waals surface area contributed by atoms with Crippen LogP contribution < -0.4 is 5.32 Å². The highest BCUT2D eigenvalue weighted by atomic mass is 16.5. The molecule has 0 saturated carbocycles. The third-order valence-corrected chi connectivity index (χ3v) is 3.47. The molecule has 0 saturated heterocycles. The molecule has 2 aromatic heterocycles. The van der Waals surface area contributed by atoms with E-state index in [1.165, 1.54) is 0 Å². The summed E-state index contributed by atoms with van der Waals surface area (Å²) in [6.07, 6.45) is 3.62. The lowest BCUT2D eigenvalue weighted by molar-refractivity contribution is 0.281. The smallest absolute Gasteiger partial charge is 0.231 e. The second-order valence-electron chi connectivity index (χ2n) is 5.48. The average molecular weight is 277 g/mol. The molecule has 0 aromatic carbocycles. The van der Waals surface area contributed by atoms with Crippen LogP contribution in [0.15, 0.2) is 16.9 Å². The van der Waals surface area contributed by atoms with Crippen LogP contribution in [0.25, 0.3) is 11.4 Å². The van der Waals surface area contributed by atoms with Crippen LogP contribution in [0.4, 0.5) is 0 Å². The Bertz CT molecular complexity index is 545. The molecule has 6 heteroatoms. The van der Waals surface area contributed by atoms with Crippen LogP contribution in [-0.2, 0) is 7.05 Å². The van der Waals surface area contributed by atoms with Gasteiger partial charge in [-0.2, -0.15) is 10.1 Å². The zero-order valence-corrected chi connectivity index (χ0v) is 12.8. The van der Waals surface area contributed by atoms with Gasteiger partial charge in [-0.25, -0.2) is 0 Å². The van der Waals surface area contributed by atoms with E-state index in [0.717, 1.165) is 12.1 Å². The fourth-order valence-electron chi connectivity index (χ4n) is 2.55. The van der Waals surface area contributed by atoms with E-state index in [1.807, 2.05) is 13.2 Å². The van der Waals surface area contributed by atoms with Gasteiger partial charge in [0.2, 0.25) is 11.7 Å². The third kappa shape index (κ3) is 3.07. The van der Waals surface area contributed by atoms with Gasteiger partial charge in [-0.3, -0.25) is 4.68 Å². The summed E-state index contributed by atoms with van der Waals surface area (Å²) in [4.78, 5) is 4.55. The molecule has 0 aliphatic heterocycles. The van der Waals surface area contributed by atoms with E-state index in [2.05, 4.69) is 48.3 Å². The molecule has 0 amide bonds. The Kier molecular flexibility index (Phi) is 4.54. The first-order valence-electron chi connectivity index (χ1n) is 7.09. The lowest BCUT2D eigenvalue weighted by Gasteiger charge is -2.24. The number of aromatic nitrogens is 4. The average Bonchev–Trinajstić information content (AvgIpc) is 2.98. The van der Waals surface area contributed by atoms with Crippen LogP contribution >= 0.6 is 0 Å². The van der Waals surface area contributed by atoms with Crippen molar-refractivity contribution in [1.82, 2.24) is 25.2 Å². The van der Waals surface area contributed by atoms with Crippen molar-refractivity contribution >= 4 is 0 Å². The Hall–Kier alpha value is -1.69. The number of nitrogens with zero attached hydrogens (tertiary/aromatic N) is 4. The molecule has 2 atom stereocenters. The molecule has 0 aliphatic carbocycles. The SMILES string of the molecule is CCNC(C)C(c1nc(-c2cnn(C)c2)no1)C(C)C. The van der Waals surface area contributed by atoms with E-state index in [4.69, 9.17) is 4.52 Å². The Morgan fingerprint density at radius 3 is 2.65 bits per heavy atom. The van der Waals surface area contributed by atoms with Gasteiger partial charge in [0, 0.05) is 19.3 Å². The first-order chi connectivity index (χ1) is 9.52. The van der Waals surface area contributed by atoms with Gasteiger partial charge in [0.25, 0.3) is 0 Å². The first-order valence-corrected chi connectivity index (χ1v) is 7.09. The summed E-state index contributed by atoms with van der Waals surface area (Å²) in [6, 6.07) is 0.294. The van der Waals surface area contributed by atoms with Crippen molar-refractivity contribution in [3.05, 3.63) is 18.3 Å². The largest absolute Gasteiger partial charge is 0.339 e. The summed E-state index contributed by atoms with van der Waals surface area (Å²) < 4.78 is 7.21. The molecule has 2 rings (SSSR count). The van der Waals surface area contributed by atoms with Crippen LogP contribution in [0.3, 0.4) is 0 Å². The first kappa shape index (κ1) is 14.7. The number of aryl methyl sites for hydroxylation is 1. The van der Waals surface area contributed by atoms with E-state index in [0.29, 0.717) is 23.7 Å². The lowest BCUT2D eigenvalue weighted by atomic mass is 9.89. The zero-order chi connectivity index (χ0) is 14.7. The molecule has 0 fully saturated rings. The minimum atomic E-state index is 0.202. The number of likely N-dealkylation sites (N-methyl/N-ethyl adjacent to an activating group) is 1.